The summed E-state index contributed by atoms with van der Waals surface area (Å²) in [7, 11) is -1.36. The molecule has 1 nitrogen and oxygen atoms in total. The van der Waals surface area contributed by atoms with Crippen LogP contribution in [0.1, 0.15) is 13.3 Å². The SMILES string of the molecule is CC1=CC(O[Si](C)(C)C)=CC1. The summed E-state index contributed by atoms with van der Waals surface area (Å²) in [6.07, 6.45) is 5.37. The van der Waals surface area contributed by atoms with Crippen LogP contribution in [0, 0.1) is 0 Å². The van der Waals surface area contributed by atoms with Gasteiger partial charge in [-0.3, -0.25) is 0 Å². The molecule has 0 amide bonds. The molecule has 0 N–H and O–H groups in total. The first-order chi connectivity index (χ1) is 4.97. The second-order valence-electron chi connectivity index (χ2n) is 4.02. The molecule has 0 spiro atoms. The summed E-state index contributed by atoms with van der Waals surface area (Å²) in [5.41, 5.74) is 1.40. The maximum Gasteiger partial charge on any atom is 0.242 e. The lowest BCUT2D eigenvalue weighted by molar-refractivity contribution is 0.442. The second-order valence-corrected chi connectivity index (χ2v) is 8.44. The molecule has 0 atom stereocenters. The smallest absolute Gasteiger partial charge is 0.242 e. The Labute approximate surface area is 69.9 Å². The average molecular weight is 168 g/mol. The van der Waals surface area contributed by atoms with Gasteiger partial charge in [-0.05, 0) is 45.1 Å². The van der Waals surface area contributed by atoms with E-state index in [-0.39, 0.29) is 0 Å². The van der Waals surface area contributed by atoms with Gasteiger partial charge in [0.1, 0.15) is 0 Å². The van der Waals surface area contributed by atoms with Crippen LogP contribution in [0.15, 0.2) is 23.5 Å². The zero-order valence-corrected chi connectivity index (χ0v) is 8.77. The van der Waals surface area contributed by atoms with Gasteiger partial charge in [0.15, 0.2) is 0 Å². The Kier molecular flexibility index (Phi) is 2.23. The van der Waals surface area contributed by atoms with Gasteiger partial charge in [0.25, 0.3) is 0 Å². The van der Waals surface area contributed by atoms with Crippen molar-refractivity contribution in [2.45, 2.75) is 33.0 Å². The van der Waals surface area contributed by atoms with Crippen LogP contribution in [0.4, 0.5) is 0 Å². The third-order valence-corrected chi connectivity index (χ3v) is 2.29. The summed E-state index contributed by atoms with van der Waals surface area (Å²) in [5, 5.41) is 0. The van der Waals surface area contributed by atoms with E-state index < -0.39 is 8.32 Å². The van der Waals surface area contributed by atoms with Gasteiger partial charge in [0.2, 0.25) is 8.32 Å². The van der Waals surface area contributed by atoms with Crippen LogP contribution in [0.2, 0.25) is 19.6 Å². The zero-order valence-electron chi connectivity index (χ0n) is 7.77. The molecule has 0 fully saturated rings. The molecule has 0 radical (unpaired) electrons. The van der Waals surface area contributed by atoms with Gasteiger partial charge in [0.05, 0.1) is 5.76 Å². The van der Waals surface area contributed by atoms with E-state index in [1.165, 1.54) is 5.57 Å². The summed E-state index contributed by atoms with van der Waals surface area (Å²) < 4.78 is 5.79. The topological polar surface area (TPSA) is 9.23 Å². The number of hydrogen-bond acceptors (Lipinski definition) is 1. The quantitative estimate of drug-likeness (QED) is 0.576. The van der Waals surface area contributed by atoms with Crippen molar-refractivity contribution in [3.63, 3.8) is 0 Å². The molecule has 1 aliphatic rings. The molecular weight excluding hydrogens is 152 g/mol. The van der Waals surface area contributed by atoms with E-state index in [9.17, 15) is 0 Å². The van der Waals surface area contributed by atoms with Crippen LogP contribution in [0.25, 0.3) is 0 Å². The van der Waals surface area contributed by atoms with E-state index in [1.807, 2.05) is 0 Å². The van der Waals surface area contributed by atoms with Gasteiger partial charge < -0.3 is 4.43 Å². The highest BCUT2D eigenvalue weighted by atomic mass is 28.4. The lowest BCUT2D eigenvalue weighted by Gasteiger charge is -2.18. The maximum absolute atomic E-state index is 5.79. The first-order valence-corrected chi connectivity index (χ1v) is 7.44. The minimum atomic E-state index is -1.36. The largest absolute Gasteiger partial charge is 0.545 e. The van der Waals surface area contributed by atoms with Crippen LogP contribution in [-0.4, -0.2) is 8.32 Å². The fourth-order valence-corrected chi connectivity index (χ4v) is 1.90. The maximum atomic E-state index is 5.79. The normalized spacial score (nSPS) is 17.8. The van der Waals surface area contributed by atoms with Crippen molar-refractivity contribution in [2.24, 2.45) is 0 Å². The van der Waals surface area contributed by atoms with Crippen molar-refractivity contribution < 1.29 is 4.43 Å². The monoisotopic (exact) mass is 168 g/mol. The summed E-state index contributed by atoms with van der Waals surface area (Å²) in [4.78, 5) is 0. The molecule has 1 rings (SSSR count). The molecule has 0 saturated heterocycles. The van der Waals surface area contributed by atoms with E-state index in [4.69, 9.17) is 4.43 Å². The molecule has 0 aromatic rings. The first kappa shape index (κ1) is 8.59. The van der Waals surface area contributed by atoms with Crippen LogP contribution < -0.4 is 0 Å². The van der Waals surface area contributed by atoms with Crippen molar-refractivity contribution in [2.75, 3.05) is 0 Å². The molecule has 1 aliphatic carbocycles. The Morgan fingerprint density at radius 1 is 1.36 bits per heavy atom. The lowest BCUT2D eigenvalue weighted by Crippen LogP contribution is -2.24. The van der Waals surface area contributed by atoms with E-state index in [0.717, 1.165) is 12.2 Å². The van der Waals surface area contributed by atoms with Gasteiger partial charge in [0, 0.05) is 0 Å². The summed E-state index contributed by atoms with van der Waals surface area (Å²) in [6, 6.07) is 0. The van der Waals surface area contributed by atoms with Gasteiger partial charge >= 0.3 is 0 Å². The molecule has 0 aromatic carbocycles. The van der Waals surface area contributed by atoms with Crippen LogP contribution in [-0.2, 0) is 4.43 Å². The van der Waals surface area contributed by atoms with E-state index in [2.05, 4.69) is 38.7 Å². The van der Waals surface area contributed by atoms with Crippen molar-refractivity contribution in [1.29, 1.82) is 0 Å². The fourth-order valence-electron chi connectivity index (χ4n) is 1.05. The zero-order chi connectivity index (χ0) is 8.48. The van der Waals surface area contributed by atoms with Gasteiger partial charge in [-0.1, -0.05) is 5.57 Å². The first-order valence-electron chi connectivity index (χ1n) is 4.04. The third-order valence-electron chi connectivity index (χ3n) is 1.44. The van der Waals surface area contributed by atoms with Crippen molar-refractivity contribution in [3.8, 4) is 0 Å². The summed E-state index contributed by atoms with van der Waals surface area (Å²) >= 11 is 0. The van der Waals surface area contributed by atoms with E-state index in [0.29, 0.717) is 0 Å². The Balaban J connectivity index is 2.53. The highest BCUT2D eigenvalue weighted by Crippen LogP contribution is 2.20. The number of hydrogen-bond donors (Lipinski definition) is 0. The average Bonchev–Trinajstić information content (AvgIpc) is 2.10. The standard InChI is InChI=1S/C9H16OSi/c1-8-5-6-9(7-8)10-11(2,3)4/h6-7H,5H2,1-4H3. The van der Waals surface area contributed by atoms with Crippen LogP contribution >= 0.6 is 0 Å². The molecule has 0 aliphatic heterocycles. The van der Waals surface area contributed by atoms with Crippen molar-refractivity contribution >= 4 is 8.32 Å². The highest BCUT2D eigenvalue weighted by Gasteiger charge is 2.17. The van der Waals surface area contributed by atoms with E-state index in [1.54, 1.807) is 0 Å². The van der Waals surface area contributed by atoms with Gasteiger partial charge in [-0.25, -0.2) is 0 Å². The Morgan fingerprint density at radius 3 is 2.36 bits per heavy atom. The molecule has 0 saturated carbocycles. The van der Waals surface area contributed by atoms with Gasteiger partial charge in [-0.15, -0.1) is 0 Å². The number of rotatable bonds is 2. The fraction of sp³-hybridized carbons (Fsp3) is 0.556. The number of allylic oxidation sites excluding steroid dienone is 3. The molecule has 0 bridgehead atoms. The predicted octanol–water partition coefficient (Wildman–Crippen LogP) is 3.07. The van der Waals surface area contributed by atoms with Crippen LogP contribution in [0.5, 0.6) is 0 Å². The molecular formula is C9H16OSi. The molecule has 2 heteroatoms. The van der Waals surface area contributed by atoms with Crippen molar-refractivity contribution in [3.05, 3.63) is 23.5 Å². The predicted molar refractivity (Wildman–Crippen MR) is 50.9 cm³/mol. The summed E-state index contributed by atoms with van der Waals surface area (Å²) in [6.45, 7) is 8.75. The lowest BCUT2D eigenvalue weighted by atomic mass is 10.3. The van der Waals surface area contributed by atoms with Crippen LogP contribution in [0.3, 0.4) is 0 Å². The third kappa shape index (κ3) is 2.93. The molecule has 0 unspecified atom stereocenters. The molecule has 0 aromatic heterocycles. The Hall–Kier alpha value is -0.503. The van der Waals surface area contributed by atoms with E-state index >= 15 is 0 Å². The minimum absolute atomic E-state index is 1.07. The summed E-state index contributed by atoms with van der Waals surface area (Å²) in [5.74, 6) is 1.08. The minimum Gasteiger partial charge on any atom is -0.545 e. The highest BCUT2D eigenvalue weighted by molar-refractivity contribution is 6.70. The molecule has 0 heterocycles. The Bertz CT molecular complexity index is 208. The molecule has 11 heavy (non-hydrogen) atoms. The molecule has 62 valence electrons. The van der Waals surface area contributed by atoms with Crippen molar-refractivity contribution in [1.82, 2.24) is 0 Å². The van der Waals surface area contributed by atoms with Gasteiger partial charge in [-0.2, -0.15) is 0 Å². The second kappa shape index (κ2) is 2.86. The Morgan fingerprint density at radius 2 is 2.00 bits per heavy atom.